The quantitative estimate of drug-likeness (QED) is 0.475. The number of carboxylic acids is 1. The number of carbonyl (C=O) groups is 3. The minimum absolute atomic E-state index is 0.0614. The minimum atomic E-state index is -5.08. The van der Waals surface area contributed by atoms with Crippen molar-refractivity contribution in [2.45, 2.75) is 50.9 Å². The minimum Gasteiger partial charge on any atom is -0.475 e. The van der Waals surface area contributed by atoms with Crippen molar-refractivity contribution in [3.05, 3.63) is 77.9 Å². The van der Waals surface area contributed by atoms with Gasteiger partial charge in [-0.25, -0.2) is 4.79 Å². The van der Waals surface area contributed by atoms with Crippen LogP contribution in [0.15, 0.2) is 66.7 Å². The number of alkyl halides is 3. The highest BCUT2D eigenvalue weighted by Crippen LogP contribution is 2.27. The van der Waals surface area contributed by atoms with E-state index in [4.69, 9.17) is 15.6 Å². The highest BCUT2D eigenvalue weighted by molar-refractivity contribution is 6.03. The SMILES string of the molecule is CC[C@H](N)C(=O)N[C@H](C=CC(=O)N1CCc2ccccc21)CCc1ccccc1.O=C(O)C(F)(F)F. The molecule has 2 aromatic carbocycles. The van der Waals surface area contributed by atoms with E-state index in [1.807, 2.05) is 43.3 Å². The summed E-state index contributed by atoms with van der Waals surface area (Å²) in [6, 6.07) is 17.3. The molecular weight excluding hydrogens is 475 g/mol. The van der Waals surface area contributed by atoms with Crippen LogP contribution in [0.3, 0.4) is 0 Å². The fourth-order valence-corrected chi connectivity index (χ4v) is 3.51. The molecule has 3 rings (SSSR count). The molecule has 0 spiro atoms. The van der Waals surface area contributed by atoms with Crippen LogP contribution in [0, 0.1) is 0 Å². The van der Waals surface area contributed by atoms with Gasteiger partial charge in [-0.2, -0.15) is 13.2 Å². The van der Waals surface area contributed by atoms with Crippen molar-refractivity contribution in [1.29, 1.82) is 0 Å². The molecule has 0 saturated carbocycles. The van der Waals surface area contributed by atoms with Gasteiger partial charge in [0.15, 0.2) is 0 Å². The van der Waals surface area contributed by atoms with Crippen molar-refractivity contribution in [3.63, 3.8) is 0 Å². The van der Waals surface area contributed by atoms with E-state index in [9.17, 15) is 22.8 Å². The number of rotatable bonds is 8. The molecule has 194 valence electrons. The number of carbonyl (C=O) groups excluding carboxylic acids is 2. The molecule has 0 aromatic heterocycles. The van der Waals surface area contributed by atoms with Crippen LogP contribution in [0.4, 0.5) is 18.9 Å². The summed E-state index contributed by atoms with van der Waals surface area (Å²) in [6.45, 7) is 2.57. The van der Waals surface area contributed by atoms with E-state index in [1.165, 1.54) is 11.1 Å². The molecule has 0 fully saturated rings. The molecule has 36 heavy (non-hydrogen) atoms. The van der Waals surface area contributed by atoms with Crippen LogP contribution in [0.5, 0.6) is 0 Å². The van der Waals surface area contributed by atoms with Crippen molar-refractivity contribution in [3.8, 4) is 0 Å². The smallest absolute Gasteiger partial charge is 0.475 e. The summed E-state index contributed by atoms with van der Waals surface area (Å²) in [6.07, 6.45) is 1.24. The first-order valence-electron chi connectivity index (χ1n) is 11.5. The molecule has 0 unspecified atom stereocenters. The summed E-state index contributed by atoms with van der Waals surface area (Å²) in [5, 5.41) is 10.1. The van der Waals surface area contributed by atoms with Gasteiger partial charge in [-0.15, -0.1) is 0 Å². The lowest BCUT2D eigenvalue weighted by atomic mass is 10.0. The Labute approximate surface area is 207 Å². The monoisotopic (exact) mass is 505 g/mol. The Bertz CT molecular complexity index is 1060. The molecule has 2 atom stereocenters. The second kappa shape index (κ2) is 13.4. The zero-order valence-electron chi connectivity index (χ0n) is 19.9. The van der Waals surface area contributed by atoms with Gasteiger partial charge in [0.2, 0.25) is 5.91 Å². The van der Waals surface area contributed by atoms with Gasteiger partial charge in [0.05, 0.1) is 6.04 Å². The average Bonchev–Trinajstić information content (AvgIpc) is 3.29. The van der Waals surface area contributed by atoms with Gasteiger partial charge in [0.1, 0.15) is 0 Å². The second-order valence-corrected chi connectivity index (χ2v) is 8.18. The maximum Gasteiger partial charge on any atom is 0.490 e. The Kier molecular flexibility index (Phi) is 10.7. The Balaban J connectivity index is 0.000000572. The summed E-state index contributed by atoms with van der Waals surface area (Å²) < 4.78 is 31.7. The molecule has 1 aliphatic rings. The number of halogens is 3. The van der Waals surface area contributed by atoms with Crippen molar-refractivity contribution in [2.75, 3.05) is 11.4 Å². The van der Waals surface area contributed by atoms with E-state index in [0.29, 0.717) is 19.4 Å². The third kappa shape index (κ3) is 8.84. The summed E-state index contributed by atoms with van der Waals surface area (Å²) in [5.41, 5.74) is 9.23. The second-order valence-electron chi connectivity index (χ2n) is 8.18. The van der Waals surface area contributed by atoms with Gasteiger partial charge in [-0.05, 0) is 42.9 Å². The zero-order valence-corrected chi connectivity index (χ0v) is 19.9. The Morgan fingerprint density at radius 1 is 1.11 bits per heavy atom. The third-order valence-electron chi connectivity index (χ3n) is 5.56. The number of aliphatic carboxylic acids is 1. The van der Waals surface area contributed by atoms with Crippen LogP contribution in [0.25, 0.3) is 0 Å². The molecule has 7 nitrogen and oxygen atoms in total. The van der Waals surface area contributed by atoms with Crippen LogP contribution in [-0.4, -0.2) is 47.7 Å². The van der Waals surface area contributed by atoms with Gasteiger partial charge in [-0.3, -0.25) is 9.59 Å². The molecule has 0 bridgehead atoms. The molecule has 10 heteroatoms. The summed E-state index contributed by atoms with van der Waals surface area (Å²) >= 11 is 0. The van der Waals surface area contributed by atoms with Crippen molar-refractivity contribution < 1.29 is 32.7 Å². The topological polar surface area (TPSA) is 113 Å². The molecular formula is C26H30F3N3O4. The van der Waals surface area contributed by atoms with E-state index >= 15 is 0 Å². The Morgan fingerprint density at radius 3 is 2.33 bits per heavy atom. The number of fused-ring (bicyclic) bond motifs is 1. The lowest BCUT2D eigenvalue weighted by Crippen LogP contribution is -2.44. The number of benzene rings is 2. The number of nitrogens with zero attached hydrogens (tertiary/aromatic N) is 1. The fourth-order valence-electron chi connectivity index (χ4n) is 3.51. The van der Waals surface area contributed by atoms with Gasteiger partial charge in [-0.1, -0.05) is 61.5 Å². The largest absolute Gasteiger partial charge is 0.490 e. The normalized spacial score (nSPS) is 14.4. The molecule has 1 aliphatic heterocycles. The highest BCUT2D eigenvalue weighted by Gasteiger charge is 2.38. The van der Waals surface area contributed by atoms with Crippen molar-refractivity contribution in [1.82, 2.24) is 5.32 Å². The lowest BCUT2D eigenvalue weighted by Gasteiger charge is -2.19. The fraction of sp³-hybridized carbons (Fsp3) is 0.346. The van der Waals surface area contributed by atoms with Crippen molar-refractivity contribution >= 4 is 23.5 Å². The highest BCUT2D eigenvalue weighted by atomic mass is 19.4. The Hall–Kier alpha value is -3.66. The number of carboxylic acid groups (broad SMARTS) is 1. The lowest BCUT2D eigenvalue weighted by molar-refractivity contribution is -0.192. The first-order valence-corrected chi connectivity index (χ1v) is 11.5. The molecule has 0 aliphatic carbocycles. The number of hydrogen-bond acceptors (Lipinski definition) is 4. The Morgan fingerprint density at radius 2 is 1.72 bits per heavy atom. The van der Waals surface area contributed by atoms with Crippen LogP contribution in [0.2, 0.25) is 0 Å². The van der Waals surface area contributed by atoms with Gasteiger partial charge >= 0.3 is 12.1 Å². The van der Waals surface area contributed by atoms with Crippen LogP contribution < -0.4 is 16.0 Å². The van der Waals surface area contributed by atoms with Gasteiger partial charge < -0.3 is 21.1 Å². The predicted molar refractivity (Wildman–Crippen MR) is 130 cm³/mol. The first kappa shape index (κ1) is 28.6. The van der Waals surface area contributed by atoms with Crippen LogP contribution >= 0.6 is 0 Å². The van der Waals surface area contributed by atoms with Gasteiger partial charge in [0.25, 0.3) is 5.91 Å². The summed E-state index contributed by atoms with van der Waals surface area (Å²) in [5.74, 6) is -3.00. The number of aryl methyl sites for hydroxylation is 1. The summed E-state index contributed by atoms with van der Waals surface area (Å²) in [7, 11) is 0. The van der Waals surface area contributed by atoms with E-state index in [-0.39, 0.29) is 17.9 Å². The number of anilines is 1. The van der Waals surface area contributed by atoms with E-state index in [0.717, 1.165) is 18.5 Å². The summed E-state index contributed by atoms with van der Waals surface area (Å²) in [4.78, 5) is 35.7. The van der Waals surface area contributed by atoms with E-state index in [1.54, 1.807) is 17.1 Å². The molecule has 2 aromatic rings. The standard InChI is InChI=1S/C24H29N3O2.C2HF3O2/c1-2-21(25)24(29)26-20(13-12-18-8-4-3-5-9-18)14-15-23(28)27-17-16-19-10-6-7-11-22(19)27;3-2(4,5)1(6)7/h3-11,14-15,20-21H,2,12-13,16-17,25H2,1H3,(H,26,29);(H,6,7)/t20-,21-;/m0./s1. The third-order valence-corrected chi connectivity index (χ3v) is 5.56. The molecule has 0 saturated heterocycles. The number of nitrogens with two attached hydrogens (primary N) is 1. The molecule has 0 radical (unpaired) electrons. The maximum atomic E-state index is 12.8. The van der Waals surface area contributed by atoms with Gasteiger partial charge in [0, 0.05) is 24.4 Å². The molecule has 4 N–H and O–H groups in total. The van der Waals surface area contributed by atoms with Crippen LogP contribution in [-0.2, 0) is 27.2 Å². The molecule has 2 amide bonds. The first-order chi connectivity index (χ1) is 17.0. The number of hydrogen-bond donors (Lipinski definition) is 3. The number of amides is 2. The zero-order chi connectivity index (χ0) is 26.7. The average molecular weight is 506 g/mol. The number of para-hydroxylation sites is 1. The maximum absolute atomic E-state index is 12.8. The predicted octanol–water partition coefficient (Wildman–Crippen LogP) is 3.62. The number of nitrogens with one attached hydrogen (secondary N) is 1. The molecule has 1 heterocycles. The van der Waals surface area contributed by atoms with E-state index < -0.39 is 18.2 Å². The van der Waals surface area contributed by atoms with Crippen molar-refractivity contribution in [2.24, 2.45) is 5.73 Å². The van der Waals surface area contributed by atoms with E-state index in [2.05, 4.69) is 23.5 Å². The van der Waals surface area contributed by atoms with Crippen LogP contribution in [0.1, 0.15) is 30.9 Å².